The van der Waals surface area contributed by atoms with E-state index in [9.17, 15) is 18.0 Å². The van der Waals surface area contributed by atoms with E-state index in [0.29, 0.717) is 5.69 Å². The number of aryl methyl sites for hydroxylation is 4. The molecule has 0 spiro atoms. The van der Waals surface area contributed by atoms with Gasteiger partial charge in [0, 0.05) is 18.5 Å². The number of nitrogens with zero attached hydrogens (tertiary/aromatic N) is 2. The van der Waals surface area contributed by atoms with Crippen molar-refractivity contribution in [3.8, 4) is 0 Å². The molecule has 7 nitrogen and oxygen atoms in total. The molecule has 0 saturated heterocycles. The Bertz CT molecular complexity index is 1760. The van der Waals surface area contributed by atoms with Crippen LogP contribution in [0, 0.1) is 27.7 Å². The lowest BCUT2D eigenvalue weighted by Gasteiger charge is -2.35. The fraction of sp³-hybridized carbons (Fsp3) is 0.316. The zero-order valence-electron chi connectivity index (χ0n) is 27.9. The lowest BCUT2D eigenvalue weighted by molar-refractivity contribution is -0.140. The van der Waals surface area contributed by atoms with Gasteiger partial charge in [-0.2, -0.15) is 0 Å². The second-order valence-corrected chi connectivity index (χ2v) is 14.9. The number of benzene rings is 4. The SMILES string of the molecule is Cc1ccc(CN(C(=O)CN(c2ccc(C)c(C)c2)S(=O)(=O)c2ccc(C)cc2)[C@@H](Cc2ccccc2)C(=O)NC(C)(C)C)cc1. The standard InChI is InChI=1S/C38H45N3O4S/c1-27-13-18-32(19-14-27)25-40(35(37(43)39-38(5,6)7)24-31-11-9-8-10-12-31)36(42)26-41(33-20-17-29(3)30(4)23-33)46(44,45)34-21-15-28(2)16-22-34/h8-23,35H,24-26H2,1-7H3,(H,39,43)/t35-/m0/s1. The van der Waals surface area contributed by atoms with Gasteiger partial charge in [0.2, 0.25) is 11.8 Å². The summed E-state index contributed by atoms with van der Waals surface area (Å²) in [5.41, 5.74) is 5.44. The third-order valence-electron chi connectivity index (χ3n) is 7.91. The normalized spacial score (nSPS) is 12.3. The van der Waals surface area contributed by atoms with Gasteiger partial charge in [0.25, 0.3) is 10.0 Å². The zero-order valence-corrected chi connectivity index (χ0v) is 28.7. The molecule has 1 N–H and O–H groups in total. The van der Waals surface area contributed by atoms with Crippen molar-refractivity contribution < 1.29 is 18.0 Å². The first kappa shape index (κ1) is 34.4. The lowest BCUT2D eigenvalue weighted by atomic mass is 10.0. The fourth-order valence-electron chi connectivity index (χ4n) is 5.14. The molecule has 0 aliphatic carbocycles. The highest BCUT2D eigenvalue weighted by Crippen LogP contribution is 2.27. The Balaban J connectivity index is 1.83. The van der Waals surface area contributed by atoms with Crippen LogP contribution in [0.2, 0.25) is 0 Å². The molecule has 46 heavy (non-hydrogen) atoms. The van der Waals surface area contributed by atoms with Crippen molar-refractivity contribution >= 4 is 27.5 Å². The Hall–Kier alpha value is -4.43. The summed E-state index contributed by atoms with van der Waals surface area (Å²) >= 11 is 0. The molecule has 0 radical (unpaired) electrons. The van der Waals surface area contributed by atoms with E-state index in [1.54, 1.807) is 36.4 Å². The Labute approximate surface area is 274 Å². The van der Waals surface area contributed by atoms with Crippen LogP contribution in [0.5, 0.6) is 0 Å². The zero-order chi connectivity index (χ0) is 33.6. The van der Waals surface area contributed by atoms with Crippen LogP contribution in [-0.4, -0.2) is 43.3 Å². The van der Waals surface area contributed by atoms with Crippen LogP contribution >= 0.6 is 0 Å². The molecule has 0 fully saturated rings. The summed E-state index contributed by atoms with van der Waals surface area (Å²) in [6.07, 6.45) is 0.259. The molecular weight excluding hydrogens is 595 g/mol. The summed E-state index contributed by atoms with van der Waals surface area (Å²) in [4.78, 5) is 30.2. The molecule has 4 aromatic rings. The molecule has 4 rings (SSSR count). The number of amides is 2. The van der Waals surface area contributed by atoms with E-state index in [-0.39, 0.29) is 23.8 Å². The molecule has 8 heteroatoms. The first-order chi connectivity index (χ1) is 21.6. The average molecular weight is 640 g/mol. The molecule has 1 atom stereocenters. The van der Waals surface area contributed by atoms with Crippen molar-refractivity contribution in [2.45, 2.75) is 77.9 Å². The summed E-state index contributed by atoms with van der Waals surface area (Å²) in [5, 5.41) is 3.07. The third kappa shape index (κ3) is 8.85. The Morgan fingerprint density at radius 2 is 1.33 bits per heavy atom. The van der Waals surface area contributed by atoms with Crippen molar-refractivity contribution in [2.24, 2.45) is 0 Å². The predicted molar refractivity (Wildman–Crippen MR) is 185 cm³/mol. The number of carbonyl (C=O) groups excluding carboxylic acids is 2. The molecule has 0 unspecified atom stereocenters. The minimum Gasteiger partial charge on any atom is -0.350 e. The number of hydrogen-bond acceptors (Lipinski definition) is 4. The smallest absolute Gasteiger partial charge is 0.264 e. The average Bonchev–Trinajstić information content (AvgIpc) is 2.99. The molecule has 0 aliphatic rings. The van der Waals surface area contributed by atoms with Gasteiger partial charge in [0.1, 0.15) is 12.6 Å². The number of sulfonamides is 1. The van der Waals surface area contributed by atoms with Crippen molar-refractivity contribution in [1.82, 2.24) is 10.2 Å². The van der Waals surface area contributed by atoms with Crippen molar-refractivity contribution in [1.29, 1.82) is 0 Å². The molecule has 4 aromatic carbocycles. The number of rotatable bonds is 11. The van der Waals surface area contributed by atoms with Crippen molar-refractivity contribution in [3.05, 3.63) is 130 Å². The van der Waals surface area contributed by atoms with Crippen LogP contribution < -0.4 is 9.62 Å². The number of nitrogens with one attached hydrogen (secondary N) is 1. The van der Waals surface area contributed by atoms with Crippen LogP contribution in [0.3, 0.4) is 0 Å². The first-order valence-electron chi connectivity index (χ1n) is 15.5. The summed E-state index contributed by atoms with van der Waals surface area (Å²) in [5.74, 6) is -0.796. The van der Waals surface area contributed by atoms with E-state index < -0.39 is 34.1 Å². The predicted octanol–water partition coefficient (Wildman–Crippen LogP) is 6.67. The quantitative estimate of drug-likeness (QED) is 0.199. The second kappa shape index (κ2) is 14.3. The maximum Gasteiger partial charge on any atom is 0.264 e. The monoisotopic (exact) mass is 639 g/mol. The molecule has 0 aromatic heterocycles. The first-order valence-corrected chi connectivity index (χ1v) is 17.0. The van der Waals surface area contributed by atoms with Gasteiger partial charge in [-0.25, -0.2) is 8.42 Å². The van der Waals surface area contributed by atoms with Crippen LogP contribution in [0.15, 0.2) is 102 Å². The lowest BCUT2D eigenvalue weighted by Crippen LogP contribution is -2.56. The number of anilines is 1. The molecule has 0 heterocycles. The minimum atomic E-state index is -4.16. The highest BCUT2D eigenvalue weighted by Gasteiger charge is 2.35. The molecule has 0 saturated carbocycles. The molecule has 0 bridgehead atoms. The van der Waals surface area contributed by atoms with E-state index >= 15 is 0 Å². The molecule has 2 amide bonds. The van der Waals surface area contributed by atoms with Gasteiger partial charge in [-0.1, -0.05) is 83.9 Å². The van der Waals surface area contributed by atoms with Gasteiger partial charge in [0.15, 0.2) is 0 Å². The summed E-state index contributed by atoms with van der Waals surface area (Å²) < 4.78 is 29.7. The van der Waals surface area contributed by atoms with Crippen LogP contribution in [0.25, 0.3) is 0 Å². The molecule has 0 aliphatic heterocycles. The fourth-order valence-corrected chi connectivity index (χ4v) is 6.55. The highest BCUT2D eigenvalue weighted by atomic mass is 32.2. The molecule has 242 valence electrons. The van der Waals surface area contributed by atoms with Crippen LogP contribution in [-0.2, 0) is 32.6 Å². The number of hydrogen-bond donors (Lipinski definition) is 1. The Morgan fingerprint density at radius 1 is 0.739 bits per heavy atom. The minimum absolute atomic E-state index is 0.0838. The maximum absolute atomic E-state index is 14.6. The topological polar surface area (TPSA) is 86.8 Å². The van der Waals surface area contributed by atoms with Gasteiger partial charge < -0.3 is 10.2 Å². The maximum atomic E-state index is 14.6. The van der Waals surface area contributed by atoms with Crippen LogP contribution in [0.1, 0.15) is 54.2 Å². The van der Waals surface area contributed by atoms with Gasteiger partial charge in [-0.15, -0.1) is 0 Å². The molecular formula is C38H45N3O4S. The highest BCUT2D eigenvalue weighted by molar-refractivity contribution is 7.92. The van der Waals surface area contributed by atoms with E-state index in [4.69, 9.17) is 0 Å². The Kier molecular flexibility index (Phi) is 10.7. The van der Waals surface area contributed by atoms with E-state index in [2.05, 4.69) is 5.32 Å². The van der Waals surface area contributed by atoms with Gasteiger partial charge in [-0.3, -0.25) is 13.9 Å². The largest absolute Gasteiger partial charge is 0.350 e. The Morgan fingerprint density at radius 3 is 1.89 bits per heavy atom. The van der Waals surface area contributed by atoms with Crippen molar-refractivity contribution in [3.63, 3.8) is 0 Å². The summed E-state index contributed by atoms with van der Waals surface area (Å²) in [7, 11) is -4.16. The second-order valence-electron chi connectivity index (χ2n) is 13.0. The van der Waals surface area contributed by atoms with Gasteiger partial charge in [-0.05, 0) is 95.0 Å². The van der Waals surface area contributed by atoms with E-state index in [1.165, 1.54) is 4.90 Å². The van der Waals surface area contributed by atoms with Crippen LogP contribution in [0.4, 0.5) is 5.69 Å². The van der Waals surface area contributed by atoms with E-state index in [0.717, 1.165) is 37.7 Å². The van der Waals surface area contributed by atoms with Gasteiger partial charge >= 0.3 is 0 Å². The number of carbonyl (C=O) groups is 2. The summed E-state index contributed by atoms with van der Waals surface area (Å²) in [6, 6.07) is 28.4. The van der Waals surface area contributed by atoms with Gasteiger partial charge in [0.05, 0.1) is 10.6 Å². The third-order valence-corrected chi connectivity index (χ3v) is 9.70. The van der Waals surface area contributed by atoms with E-state index in [1.807, 2.05) is 109 Å². The van der Waals surface area contributed by atoms with Crippen molar-refractivity contribution in [2.75, 3.05) is 10.8 Å². The summed E-state index contributed by atoms with van der Waals surface area (Å²) in [6.45, 7) is 13.1.